The molecule has 180 valence electrons. The number of ether oxygens (including phenoxy) is 1. The Morgan fingerprint density at radius 3 is 2.53 bits per heavy atom. The fourth-order valence-electron chi connectivity index (χ4n) is 4.81. The highest BCUT2D eigenvalue weighted by atomic mass is 32.2. The van der Waals surface area contributed by atoms with Crippen molar-refractivity contribution in [3.05, 3.63) is 35.0 Å². The number of amidine groups is 1. The summed E-state index contributed by atoms with van der Waals surface area (Å²) in [6.45, 7) is 10.4. The first kappa shape index (κ1) is 24.5. The third-order valence-electron chi connectivity index (χ3n) is 6.95. The normalized spacial score (nSPS) is 23.1. The zero-order chi connectivity index (χ0) is 24.6. The Hall–Kier alpha value is -2.58. The predicted molar refractivity (Wildman–Crippen MR) is 138 cm³/mol. The third-order valence-corrected chi connectivity index (χ3v) is 7.68. The lowest BCUT2D eigenvalue weighted by Crippen LogP contribution is -2.50. The molecule has 2 aliphatic heterocycles. The maximum atomic E-state index is 13.8. The van der Waals surface area contributed by atoms with E-state index in [-0.39, 0.29) is 11.6 Å². The largest absolute Gasteiger partial charge is 0.496 e. The Bertz CT molecular complexity index is 1140. The molecule has 0 radical (unpaired) electrons. The lowest BCUT2D eigenvalue weighted by molar-refractivity contribution is -0.131. The van der Waals surface area contributed by atoms with Gasteiger partial charge in [0.25, 0.3) is 0 Å². The molecular weight excluding hydrogens is 448 g/mol. The second-order valence-corrected chi connectivity index (χ2v) is 10.1. The van der Waals surface area contributed by atoms with E-state index < -0.39 is 17.4 Å². The number of hydrogen-bond acceptors (Lipinski definition) is 8. The number of allylic oxidation sites excluding steroid dienone is 2. The number of hydrogen-bond donors (Lipinski definition) is 0. The Kier molecular flexibility index (Phi) is 6.92. The van der Waals surface area contributed by atoms with Gasteiger partial charge >= 0.3 is 0 Å². The molecule has 0 saturated heterocycles. The van der Waals surface area contributed by atoms with Crippen LogP contribution in [-0.2, 0) is 9.59 Å². The summed E-state index contributed by atoms with van der Waals surface area (Å²) in [5, 5.41) is 0. The van der Waals surface area contributed by atoms with Crippen molar-refractivity contribution < 1.29 is 14.3 Å². The molecule has 0 amide bonds. The van der Waals surface area contributed by atoms with Crippen molar-refractivity contribution >= 4 is 41.1 Å². The van der Waals surface area contributed by atoms with Crippen molar-refractivity contribution in [1.29, 1.82) is 0 Å². The summed E-state index contributed by atoms with van der Waals surface area (Å²) < 4.78 is 5.59. The number of rotatable bonds is 8. The number of methoxy groups -OCH3 is 1. The highest BCUT2D eigenvalue weighted by Crippen LogP contribution is 2.42. The van der Waals surface area contributed by atoms with Crippen LogP contribution in [0.2, 0.25) is 0 Å². The molecule has 1 aromatic rings. The SMILES string of the molecule is CCN(CC)CCC1C(=O)C2=NC(c3ccc(SC)cc3OC)=NC2=C2C=NC(C)(C)C(=O)C21. The van der Waals surface area contributed by atoms with Gasteiger partial charge < -0.3 is 9.64 Å². The van der Waals surface area contributed by atoms with Crippen molar-refractivity contribution in [3.8, 4) is 5.75 Å². The van der Waals surface area contributed by atoms with Crippen LogP contribution < -0.4 is 4.74 Å². The van der Waals surface area contributed by atoms with Gasteiger partial charge in [-0.15, -0.1) is 11.8 Å². The van der Waals surface area contributed by atoms with E-state index >= 15 is 0 Å². The second-order valence-electron chi connectivity index (χ2n) is 9.21. The van der Waals surface area contributed by atoms with Crippen LogP contribution in [0.1, 0.15) is 39.7 Å². The highest BCUT2D eigenvalue weighted by molar-refractivity contribution is 7.98. The number of ketones is 2. The number of fused-ring (bicyclic) bond motifs is 2. The summed E-state index contributed by atoms with van der Waals surface area (Å²) in [4.78, 5) is 44.6. The molecule has 34 heavy (non-hydrogen) atoms. The Labute approximate surface area is 205 Å². The molecule has 0 bridgehead atoms. The Balaban J connectivity index is 1.81. The summed E-state index contributed by atoms with van der Waals surface area (Å²) in [5.74, 6) is -0.0610. The molecule has 2 atom stereocenters. The maximum Gasteiger partial charge on any atom is 0.187 e. The maximum absolute atomic E-state index is 13.8. The van der Waals surface area contributed by atoms with Crippen LogP contribution in [0.4, 0.5) is 0 Å². The van der Waals surface area contributed by atoms with Gasteiger partial charge in [0.1, 0.15) is 22.7 Å². The first-order valence-corrected chi connectivity index (χ1v) is 13.0. The number of benzene rings is 1. The van der Waals surface area contributed by atoms with Gasteiger partial charge in [0, 0.05) is 22.6 Å². The minimum Gasteiger partial charge on any atom is -0.496 e. The van der Waals surface area contributed by atoms with E-state index in [1.165, 1.54) is 0 Å². The van der Waals surface area contributed by atoms with Crippen LogP contribution in [0.3, 0.4) is 0 Å². The molecule has 0 N–H and O–H groups in total. The predicted octanol–water partition coefficient (Wildman–Crippen LogP) is 3.85. The summed E-state index contributed by atoms with van der Waals surface area (Å²) >= 11 is 1.62. The van der Waals surface area contributed by atoms with Gasteiger partial charge in [-0.3, -0.25) is 14.6 Å². The molecule has 0 spiro atoms. The van der Waals surface area contributed by atoms with Crippen molar-refractivity contribution in [3.63, 3.8) is 0 Å². The molecule has 4 rings (SSSR count). The zero-order valence-corrected chi connectivity index (χ0v) is 21.5. The number of aliphatic imine (C=N–C) groups is 3. The summed E-state index contributed by atoms with van der Waals surface area (Å²) in [6.07, 6.45) is 4.34. The number of thioether (sulfide) groups is 1. The van der Waals surface area contributed by atoms with Crippen LogP contribution in [0, 0.1) is 11.8 Å². The molecule has 7 nitrogen and oxygen atoms in total. The molecule has 2 heterocycles. The van der Waals surface area contributed by atoms with Crippen LogP contribution in [0.25, 0.3) is 0 Å². The van der Waals surface area contributed by atoms with Crippen molar-refractivity contribution in [2.45, 2.75) is 44.6 Å². The first-order valence-electron chi connectivity index (χ1n) is 11.8. The van der Waals surface area contributed by atoms with E-state index in [1.54, 1.807) is 25.1 Å². The number of carbonyl (C=O) groups excluding carboxylic acids is 2. The van der Waals surface area contributed by atoms with Gasteiger partial charge in [0.15, 0.2) is 17.4 Å². The van der Waals surface area contributed by atoms with E-state index in [0.717, 1.165) is 30.1 Å². The summed E-state index contributed by atoms with van der Waals surface area (Å²) in [6, 6.07) is 5.84. The average Bonchev–Trinajstić information content (AvgIpc) is 3.28. The second kappa shape index (κ2) is 9.58. The average molecular weight is 481 g/mol. The molecular formula is C26H32N4O3S. The van der Waals surface area contributed by atoms with E-state index in [1.807, 2.05) is 38.3 Å². The topological polar surface area (TPSA) is 83.7 Å². The van der Waals surface area contributed by atoms with E-state index in [4.69, 9.17) is 9.73 Å². The number of nitrogens with zero attached hydrogens (tertiary/aromatic N) is 4. The third kappa shape index (κ3) is 4.18. The molecule has 3 aliphatic rings. The lowest BCUT2D eigenvalue weighted by atomic mass is 9.67. The quantitative estimate of drug-likeness (QED) is 0.528. The fraction of sp³-hybridized carbons (Fsp3) is 0.500. The van der Waals surface area contributed by atoms with Gasteiger partial charge in [0.05, 0.1) is 18.6 Å². The molecule has 8 heteroatoms. The van der Waals surface area contributed by atoms with Crippen LogP contribution in [0.15, 0.2) is 49.3 Å². The molecule has 0 aromatic heterocycles. The Morgan fingerprint density at radius 1 is 1.15 bits per heavy atom. The monoisotopic (exact) mass is 480 g/mol. The van der Waals surface area contributed by atoms with Gasteiger partial charge in [-0.05, 0) is 64.4 Å². The van der Waals surface area contributed by atoms with E-state index in [9.17, 15) is 9.59 Å². The standard InChI is InChI=1S/C26H32N4O3S/c1-7-30(8-2)12-11-17-20-18(14-27-26(3,4)24(20)32)21-22(23(17)31)29-25(28-21)16-10-9-15(34-6)13-19(16)33-5/h9-10,13-14,17,20H,7-8,11-12H2,1-6H3. The molecule has 0 fully saturated rings. The van der Waals surface area contributed by atoms with E-state index in [0.29, 0.717) is 35.0 Å². The van der Waals surface area contributed by atoms with E-state index in [2.05, 4.69) is 28.7 Å². The molecule has 1 aliphatic carbocycles. The number of carbonyl (C=O) groups is 2. The lowest BCUT2D eigenvalue weighted by Gasteiger charge is -2.38. The van der Waals surface area contributed by atoms with Crippen molar-refractivity contribution in [2.75, 3.05) is 33.0 Å². The van der Waals surface area contributed by atoms with Crippen LogP contribution in [0.5, 0.6) is 5.75 Å². The highest BCUT2D eigenvalue weighted by Gasteiger charge is 2.51. The van der Waals surface area contributed by atoms with Crippen LogP contribution in [-0.4, -0.2) is 72.8 Å². The van der Waals surface area contributed by atoms with Gasteiger partial charge in [-0.25, -0.2) is 9.98 Å². The number of Topliss-reactive ketones (excluding diaryl/α,β-unsaturated/α-hetero) is 2. The minimum atomic E-state index is -0.862. The molecule has 1 aromatic carbocycles. The van der Waals surface area contributed by atoms with Gasteiger partial charge in [-0.2, -0.15) is 0 Å². The minimum absolute atomic E-state index is 0.0278. The summed E-state index contributed by atoms with van der Waals surface area (Å²) in [7, 11) is 1.61. The summed E-state index contributed by atoms with van der Waals surface area (Å²) in [5.41, 5.74) is 1.38. The first-order chi connectivity index (χ1) is 16.2. The Morgan fingerprint density at radius 2 is 1.88 bits per heavy atom. The van der Waals surface area contributed by atoms with Crippen LogP contribution >= 0.6 is 11.8 Å². The fourth-order valence-corrected chi connectivity index (χ4v) is 5.24. The smallest absolute Gasteiger partial charge is 0.187 e. The molecule has 0 saturated carbocycles. The van der Waals surface area contributed by atoms with Gasteiger partial charge in [0.2, 0.25) is 0 Å². The van der Waals surface area contributed by atoms with Gasteiger partial charge in [-0.1, -0.05) is 13.8 Å². The van der Waals surface area contributed by atoms with Crippen molar-refractivity contribution in [2.24, 2.45) is 26.8 Å². The van der Waals surface area contributed by atoms with Crippen molar-refractivity contribution in [1.82, 2.24) is 4.90 Å². The zero-order valence-electron chi connectivity index (χ0n) is 20.7. The molecule has 2 unspecified atom stereocenters.